The molecule has 4 heteroatoms. The number of benzene rings is 1. The maximum Gasteiger partial charge on any atom is 0.235 e. The van der Waals surface area contributed by atoms with Gasteiger partial charge in [0.1, 0.15) is 6.67 Å². The number of carbonyl (C=O) groups excluding carboxylic acids is 1. The molecular weight excluding hydrogens is 231 g/mol. The molecule has 0 radical (unpaired) electrons. The fourth-order valence-electron chi connectivity index (χ4n) is 3.15. The van der Waals surface area contributed by atoms with E-state index >= 15 is 0 Å². The van der Waals surface area contributed by atoms with Crippen molar-refractivity contribution in [2.75, 3.05) is 31.6 Å². The first-order valence-electron chi connectivity index (χ1n) is 6.45. The minimum absolute atomic E-state index is 0.114. The number of rotatable bonds is 2. The second-order valence-corrected chi connectivity index (χ2v) is 5.11. The number of halogens is 1. The number of piperidine rings is 1. The van der Waals surface area contributed by atoms with E-state index in [1.807, 2.05) is 24.3 Å². The zero-order chi connectivity index (χ0) is 12.6. The van der Waals surface area contributed by atoms with E-state index in [9.17, 15) is 9.18 Å². The van der Waals surface area contributed by atoms with Crippen LogP contribution >= 0.6 is 0 Å². The number of likely N-dealkylation sites (tertiary alicyclic amines) is 1. The Hall–Kier alpha value is -1.42. The second-order valence-electron chi connectivity index (χ2n) is 5.11. The molecule has 0 bridgehead atoms. The van der Waals surface area contributed by atoms with Crippen molar-refractivity contribution in [1.29, 1.82) is 0 Å². The Morgan fingerprint density at radius 3 is 2.72 bits per heavy atom. The van der Waals surface area contributed by atoms with E-state index in [2.05, 4.69) is 10.2 Å². The second kappa shape index (κ2) is 4.35. The van der Waals surface area contributed by atoms with Gasteiger partial charge in [0.25, 0.3) is 0 Å². The van der Waals surface area contributed by atoms with Gasteiger partial charge in [-0.3, -0.25) is 4.79 Å². The Labute approximate surface area is 106 Å². The lowest BCUT2D eigenvalue weighted by Crippen LogP contribution is -2.46. The van der Waals surface area contributed by atoms with Crippen LogP contribution in [0.15, 0.2) is 24.3 Å². The molecular formula is C14H17FN2O. The summed E-state index contributed by atoms with van der Waals surface area (Å²) in [6.07, 6.45) is 1.58. The lowest BCUT2D eigenvalue weighted by molar-refractivity contribution is -0.122. The molecule has 3 nitrogen and oxygen atoms in total. The first-order chi connectivity index (χ1) is 8.76. The Bertz CT molecular complexity index is 467. The van der Waals surface area contributed by atoms with Gasteiger partial charge < -0.3 is 10.2 Å². The summed E-state index contributed by atoms with van der Waals surface area (Å²) in [5, 5.41) is 2.97. The Morgan fingerprint density at radius 2 is 2.00 bits per heavy atom. The van der Waals surface area contributed by atoms with Crippen molar-refractivity contribution >= 4 is 11.6 Å². The van der Waals surface area contributed by atoms with E-state index in [0.717, 1.165) is 37.2 Å². The average molecular weight is 248 g/mol. The predicted molar refractivity (Wildman–Crippen MR) is 68.4 cm³/mol. The van der Waals surface area contributed by atoms with Crippen LogP contribution in [0.5, 0.6) is 0 Å². The van der Waals surface area contributed by atoms with Crippen molar-refractivity contribution in [3.8, 4) is 0 Å². The highest BCUT2D eigenvalue weighted by atomic mass is 19.1. The van der Waals surface area contributed by atoms with Gasteiger partial charge in [0, 0.05) is 12.2 Å². The first-order valence-corrected chi connectivity index (χ1v) is 6.45. The van der Waals surface area contributed by atoms with Crippen molar-refractivity contribution in [2.45, 2.75) is 18.3 Å². The predicted octanol–water partition coefficient (Wildman–Crippen LogP) is 1.94. The van der Waals surface area contributed by atoms with Gasteiger partial charge in [-0.1, -0.05) is 18.2 Å². The van der Waals surface area contributed by atoms with Crippen LogP contribution in [0.2, 0.25) is 0 Å². The fraction of sp³-hybridized carbons (Fsp3) is 0.500. The summed E-state index contributed by atoms with van der Waals surface area (Å²) in [4.78, 5) is 14.4. The number of carbonyl (C=O) groups is 1. The normalized spacial score (nSPS) is 21.9. The standard InChI is InChI=1S/C14H17FN2O/c15-7-10-17-8-5-14(6-9-17)11-3-1-2-4-12(11)16-13(14)18/h1-4H,5-10H2,(H,16,18). The molecule has 1 amide bonds. The summed E-state index contributed by atoms with van der Waals surface area (Å²) in [5.41, 5.74) is 1.69. The van der Waals surface area contributed by atoms with Crippen molar-refractivity contribution in [3.63, 3.8) is 0 Å². The molecule has 1 spiro atoms. The molecule has 0 unspecified atom stereocenters. The number of alkyl halides is 1. The number of hydrogen-bond acceptors (Lipinski definition) is 2. The fourth-order valence-corrected chi connectivity index (χ4v) is 3.15. The summed E-state index contributed by atoms with van der Waals surface area (Å²) in [5.74, 6) is 0.114. The maximum absolute atomic E-state index is 12.3. The number of nitrogens with zero attached hydrogens (tertiary/aromatic N) is 1. The summed E-state index contributed by atoms with van der Waals surface area (Å²) in [7, 11) is 0. The van der Waals surface area contributed by atoms with E-state index in [0.29, 0.717) is 6.54 Å². The lowest BCUT2D eigenvalue weighted by Gasteiger charge is -2.37. The Morgan fingerprint density at radius 1 is 1.28 bits per heavy atom. The third-order valence-electron chi connectivity index (χ3n) is 4.24. The number of hydrogen-bond donors (Lipinski definition) is 1. The average Bonchev–Trinajstić information content (AvgIpc) is 2.66. The molecule has 0 atom stereocenters. The molecule has 2 heterocycles. The minimum atomic E-state index is -0.372. The van der Waals surface area contributed by atoms with Crippen LogP contribution in [0.3, 0.4) is 0 Å². The molecule has 1 saturated heterocycles. The molecule has 3 rings (SSSR count). The molecule has 0 aliphatic carbocycles. The van der Waals surface area contributed by atoms with Crippen LogP contribution < -0.4 is 5.32 Å². The minimum Gasteiger partial charge on any atom is -0.325 e. The van der Waals surface area contributed by atoms with Crippen molar-refractivity contribution in [3.05, 3.63) is 29.8 Å². The lowest BCUT2D eigenvalue weighted by atomic mass is 9.74. The number of nitrogens with one attached hydrogen (secondary N) is 1. The van der Waals surface area contributed by atoms with E-state index in [1.165, 1.54) is 0 Å². The van der Waals surface area contributed by atoms with Crippen LogP contribution in [0.1, 0.15) is 18.4 Å². The highest BCUT2D eigenvalue weighted by molar-refractivity contribution is 6.06. The van der Waals surface area contributed by atoms with Gasteiger partial charge in [-0.15, -0.1) is 0 Å². The number of fused-ring (bicyclic) bond motifs is 2. The number of anilines is 1. The Balaban J connectivity index is 1.86. The van der Waals surface area contributed by atoms with Gasteiger partial charge in [-0.2, -0.15) is 0 Å². The topological polar surface area (TPSA) is 32.3 Å². The largest absolute Gasteiger partial charge is 0.325 e. The van der Waals surface area contributed by atoms with Gasteiger partial charge in [0.2, 0.25) is 5.91 Å². The molecule has 2 aliphatic rings. The van der Waals surface area contributed by atoms with Gasteiger partial charge in [-0.25, -0.2) is 4.39 Å². The van der Waals surface area contributed by atoms with Gasteiger partial charge in [0.15, 0.2) is 0 Å². The highest BCUT2D eigenvalue weighted by Gasteiger charge is 2.47. The van der Waals surface area contributed by atoms with E-state index in [-0.39, 0.29) is 18.0 Å². The van der Waals surface area contributed by atoms with Crippen LogP contribution in [-0.4, -0.2) is 37.1 Å². The highest BCUT2D eigenvalue weighted by Crippen LogP contribution is 2.44. The molecule has 1 N–H and O–H groups in total. The number of para-hydroxylation sites is 1. The van der Waals surface area contributed by atoms with Crippen molar-refractivity contribution < 1.29 is 9.18 Å². The monoisotopic (exact) mass is 248 g/mol. The van der Waals surface area contributed by atoms with Crippen LogP contribution in [0, 0.1) is 0 Å². The summed E-state index contributed by atoms with van der Waals surface area (Å²) in [6.45, 7) is 1.77. The third-order valence-corrected chi connectivity index (χ3v) is 4.24. The van der Waals surface area contributed by atoms with E-state index in [4.69, 9.17) is 0 Å². The van der Waals surface area contributed by atoms with Crippen LogP contribution in [0.25, 0.3) is 0 Å². The third kappa shape index (κ3) is 1.63. The van der Waals surface area contributed by atoms with Gasteiger partial charge in [0.05, 0.1) is 5.41 Å². The SMILES string of the molecule is O=C1Nc2ccccc2C12CCN(CCF)CC2. The van der Waals surface area contributed by atoms with Gasteiger partial charge in [-0.05, 0) is 37.6 Å². The van der Waals surface area contributed by atoms with Crippen molar-refractivity contribution in [2.24, 2.45) is 0 Å². The summed E-state index contributed by atoms with van der Waals surface area (Å²) >= 11 is 0. The first kappa shape index (κ1) is 11.7. The molecule has 1 fully saturated rings. The molecule has 96 valence electrons. The van der Waals surface area contributed by atoms with Crippen LogP contribution in [-0.2, 0) is 10.2 Å². The van der Waals surface area contributed by atoms with E-state index < -0.39 is 0 Å². The molecule has 0 saturated carbocycles. The van der Waals surface area contributed by atoms with Crippen molar-refractivity contribution in [1.82, 2.24) is 4.90 Å². The quantitative estimate of drug-likeness (QED) is 0.867. The zero-order valence-corrected chi connectivity index (χ0v) is 10.3. The number of amides is 1. The van der Waals surface area contributed by atoms with E-state index in [1.54, 1.807) is 0 Å². The smallest absolute Gasteiger partial charge is 0.235 e. The molecule has 0 aromatic heterocycles. The Kier molecular flexibility index (Phi) is 2.82. The molecule has 1 aromatic rings. The molecule has 1 aromatic carbocycles. The summed E-state index contributed by atoms with van der Waals surface area (Å²) in [6, 6.07) is 7.92. The zero-order valence-electron chi connectivity index (χ0n) is 10.3. The molecule has 2 aliphatic heterocycles. The molecule has 18 heavy (non-hydrogen) atoms. The summed E-state index contributed by atoms with van der Waals surface area (Å²) < 4.78 is 12.3. The van der Waals surface area contributed by atoms with Gasteiger partial charge >= 0.3 is 0 Å². The van der Waals surface area contributed by atoms with Crippen LogP contribution in [0.4, 0.5) is 10.1 Å². The maximum atomic E-state index is 12.3.